The first kappa shape index (κ1) is 17.2. The lowest BCUT2D eigenvalue weighted by molar-refractivity contribution is -0.174. The summed E-state index contributed by atoms with van der Waals surface area (Å²) in [5, 5.41) is 6.12. The van der Waals surface area contributed by atoms with Crippen molar-refractivity contribution in [3.05, 3.63) is 0 Å². The molecule has 0 radical (unpaired) electrons. The average molecular weight is 296 g/mol. The molecule has 0 aromatic carbocycles. The van der Waals surface area contributed by atoms with Crippen LogP contribution in [0.1, 0.15) is 32.6 Å². The standard InChI is InChI=1S/C13H23F3N2O2/c1-2-10-4-3-6-17-11(10)8-18-12(19)5-7-20-9-13(14,15)16/h10-11,17H,2-9H2,1H3,(H,18,19). The molecule has 4 nitrogen and oxygen atoms in total. The molecule has 0 saturated carbocycles. The van der Waals surface area contributed by atoms with Crippen molar-refractivity contribution in [3.63, 3.8) is 0 Å². The third-order valence-corrected chi connectivity index (χ3v) is 3.51. The van der Waals surface area contributed by atoms with Gasteiger partial charge in [-0.2, -0.15) is 13.2 Å². The zero-order valence-electron chi connectivity index (χ0n) is 11.8. The lowest BCUT2D eigenvalue weighted by atomic mass is 9.88. The van der Waals surface area contributed by atoms with Gasteiger partial charge in [-0.05, 0) is 25.3 Å². The summed E-state index contributed by atoms with van der Waals surface area (Å²) < 4.78 is 39.9. The van der Waals surface area contributed by atoms with E-state index in [4.69, 9.17) is 0 Å². The molecule has 0 aromatic heterocycles. The Kier molecular flexibility index (Phi) is 7.29. The van der Waals surface area contributed by atoms with Gasteiger partial charge in [0.15, 0.2) is 0 Å². The number of piperidine rings is 1. The van der Waals surface area contributed by atoms with Crippen molar-refractivity contribution < 1.29 is 22.7 Å². The Labute approximate surface area is 117 Å². The topological polar surface area (TPSA) is 50.4 Å². The first-order chi connectivity index (χ1) is 9.42. The van der Waals surface area contributed by atoms with E-state index >= 15 is 0 Å². The zero-order chi connectivity index (χ0) is 15.0. The molecule has 0 spiro atoms. The van der Waals surface area contributed by atoms with Gasteiger partial charge in [0.2, 0.25) is 5.91 Å². The number of hydrogen-bond acceptors (Lipinski definition) is 3. The van der Waals surface area contributed by atoms with Crippen LogP contribution in [0.4, 0.5) is 13.2 Å². The summed E-state index contributed by atoms with van der Waals surface area (Å²) in [6, 6.07) is 0.258. The van der Waals surface area contributed by atoms with Crippen molar-refractivity contribution in [1.82, 2.24) is 10.6 Å². The molecule has 1 saturated heterocycles. The lowest BCUT2D eigenvalue weighted by Gasteiger charge is -2.32. The monoisotopic (exact) mass is 296 g/mol. The first-order valence-corrected chi connectivity index (χ1v) is 7.07. The quantitative estimate of drug-likeness (QED) is 0.705. The van der Waals surface area contributed by atoms with E-state index in [-0.39, 0.29) is 25.0 Å². The van der Waals surface area contributed by atoms with Crippen LogP contribution in [0.15, 0.2) is 0 Å². The van der Waals surface area contributed by atoms with E-state index in [1.165, 1.54) is 0 Å². The van der Waals surface area contributed by atoms with E-state index in [0.29, 0.717) is 12.5 Å². The Hall–Kier alpha value is -0.820. The van der Waals surface area contributed by atoms with Gasteiger partial charge in [-0.25, -0.2) is 0 Å². The van der Waals surface area contributed by atoms with Crippen LogP contribution in [0.3, 0.4) is 0 Å². The highest BCUT2D eigenvalue weighted by molar-refractivity contribution is 5.75. The molecule has 7 heteroatoms. The second-order valence-corrected chi connectivity index (χ2v) is 5.09. The maximum absolute atomic E-state index is 11.8. The SMILES string of the molecule is CCC1CCCNC1CNC(=O)CCOCC(F)(F)F. The first-order valence-electron chi connectivity index (χ1n) is 7.07. The molecular formula is C13H23F3N2O2. The predicted octanol–water partition coefficient (Wildman–Crippen LogP) is 1.85. The van der Waals surface area contributed by atoms with E-state index in [0.717, 1.165) is 25.8 Å². The van der Waals surface area contributed by atoms with Crippen molar-refractivity contribution in [2.24, 2.45) is 5.92 Å². The normalized spacial score (nSPS) is 23.6. The van der Waals surface area contributed by atoms with Crippen LogP contribution in [0, 0.1) is 5.92 Å². The van der Waals surface area contributed by atoms with Crippen molar-refractivity contribution in [1.29, 1.82) is 0 Å². The Bertz CT molecular complexity index is 298. The number of carbonyl (C=O) groups excluding carboxylic acids is 1. The van der Waals surface area contributed by atoms with Gasteiger partial charge < -0.3 is 15.4 Å². The van der Waals surface area contributed by atoms with Crippen molar-refractivity contribution in [2.75, 3.05) is 26.3 Å². The third kappa shape index (κ3) is 7.09. The number of carbonyl (C=O) groups is 1. The van der Waals surface area contributed by atoms with Crippen LogP contribution in [0.25, 0.3) is 0 Å². The third-order valence-electron chi connectivity index (χ3n) is 3.51. The number of hydrogen-bond donors (Lipinski definition) is 2. The molecule has 0 bridgehead atoms. The van der Waals surface area contributed by atoms with Gasteiger partial charge in [0.1, 0.15) is 6.61 Å². The minimum absolute atomic E-state index is 0.0421. The predicted molar refractivity (Wildman–Crippen MR) is 69.3 cm³/mol. The minimum atomic E-state index is -4.34. The summed E-state index contributed by atoms with van der Waals surface area (Å²) in [5.74, 6) is 0.278. The van der Waals surface area contributed by atoms with Gasteiger partial charge in [0.25, 0.3) is 0 Å². The molecule has 1 heterocycles. The van der Waals surface area contributed by atoms with Crippen molar-refractivity contribution in [2.45, 2.75) is 44.8 Å². The molecule has 0 aromatic rings. The van der Waals surface area contributed by atoms with Crippen LogP contribution in [-0.2, 0) is 9.53 Å². The average Bonchev–Trinajstić information content (AvgIpc) is 2.40. The molecule has 1 fully saturated rings. The maximum Gasteiger partial charge on any atom is 0.411 e. The number of rotatable bonds is 7. The summed E-state index contributed by atoms with van der Waals surface area (Å²) >= 11 is 0. The highest BCUT2D eigenvalue weighted by Gasteiger charge is 2.27. The molecule has 20 heavy (non-hydrogen) atoms. The van der Waals surface area contributed by atoms with E-state index in [1.54, 1.807) is 0 Å². The second kappa shape index (κ2) is 8.46. The molecule has 1 rings (SSSR count). The Morgan fingerprint density at radius 3 is 2.85 bits per heavy atom. The summed E-state index contributed by atoms with van der Waals surface area (Å²) in [5.41, 5.74) is 0. The Morgan fingerprint density at radius 2 is 2.20 bits per heavy atom. The van der Waals surface area contributed by atoms with Crippen LogP contribution in [0.5, 0.6) is 0 Å². The van der Waals surface area contributed by atoms with Crippen LogP contribution < -0.4 is 10.6 Å². The number of nitrogens with one attached hydrogen (secondary N) is 2. The van der Waals surface area contributed by atoms with E-state index in [2.05, 4.69) is 22.3 Å². The van der Waals surface area contributed by atoms with Crippen LogP contribution in [0.2, 0.25) is 0 Å². The lowest BCUT2D eigenvalue weighted by Crippen LogP contribution is -2.48. The van der Waals surface area contributed by atoms with E-state index in [9.17, 15) is 18.0 Å². The van der Waals surface area contributed by atoms with Crippen LogP contribution >= 0.6 is 0 Å². The van der Waals surface area contributed by atoms with Gasteiger partial charge in [-0.3, -0.25) is 4.79 Å². The number of ether oxygens (including phenoxy) is 1. The Morgan fingerprint density at radius 1 is 1.45 bits per heavy atom. The smallest absolute Gasteiger partial charge is 0.372 e. The molecule has 118 valence electrons. The molecule has 1 aliphatic heterocycles. The largest absolute Gasteiger partial charge is 0.411 e. The van der Waals surface area contributed by atoms with Gasteiger partial charge in [0.05, 0.1) is 6.61 Å². The van der Waals surface area contributed by atoms with Crippen molar-refractivity contribution in [3.8, 4) is 0 Å². The van der Waals surface area contributed by atoms with Crippen molar-refractivity contribution >= 4 is 5.91 Å². The molecule has 2 N–H and O–H groups in total. The zero-order valence-corrected chi connectivity index (χ0v) is 11.8. The van der Waals surface area contributed by atoms with E-state index < -0.39 is 12.8 Å². The highest BCUT2D eigenvalue weighted by atomic mass is 19.4. The molecule has 2 atom stereocenters. The highest BCUT2D eigenvalue weighted by Crippen LogP contribution is 2.19. The van der Waals surface area contributed by atoms with Crippen LogP contribution in [-0.4, -0.2) is 44.4 Å². The maximum atomic E-state index is 11.8. The molecule has 2 unspecified atom stereocenters. The Balaban J connectivity index is 2.13. The number of alkyl halides is 3. The summed E-state index contributed by atoms with van der Waals surface area (Å²) in [6.07, 6.45) is -1.02. The molecule has 1 aliphatic rings. The second-order valence-electron chi connectivity index (χ2n) is 5.09. The fraction of sp³-hybridized carbons (Fsp3) is 0.923. The minimum Gasteiger partial charge on any atom is -0.372 e. The summed E-state index contributed by atoms with van der Waals surface area (Å²) in [4.78, 5) is 11.5. The molecular weight excluding hydrogens is 273 g/mol. The number of amides is 1. The molecule has 0 aliphatic carbocycles. The number of halogens is 3. The fourth-order valence-electron chi connectivity index (χ4n) is 2.41. The fourth-order valence-corrected chi connectivity index (χ4v) is 2.41. The van der Waals surface area contributed by atoms with Gasteiger partial charge in [-0.1, -0.05) is 13.3 Å². The van der Waals surface area contributed by atoms with Gasteiger partial charge in [0, 0.05) is 19.0 Å². The summed E-state index contributed by atoms with van der Waals surface area (Å²) in [7, 11) is 0. The van der Waals surface area contributed by atoms with Gasteiger partial charge >= 0.3 is 6.18 Å². The molecule has 1 amide bonds. The van der Waals surface area contributed by atoms with Gasteiger partial charge in [-0.15, -0.1) is 0 Å². The summed E-state index contributed by atoms with van der Waals surface area (Å²) in [6.45, 7) is 2.09. The van der Waals surface area contributed by atoms with E-state index in [1.807, 2.05) is 0 Å².